The molecule has 0 fully saturated rings. The topological polar surface area (TPSA) is 86.8 Å². The first kappa shape index (κ1) is 16.1. The van der Waals surface area contributed by atoms with E-state index in [4.69, 9.17) is 25.8 Å². The Hall–Kier alpha value is -2.80. The van der Waals surface area contributed by atoms with Crippen molar-refractivity contribution < 1.29 is 23.8 Å². The molecule has 0 saturated carbocycles. The number of aromatic nitrogens is 1. The molecule has 1 N–H and O–H groups in total. The van der Waals surface area contributed by atoms with Gasteiger partial charge in [0.05, 0.1) is 5.56 Å². The number of benzene rings is 1. The third-order valence-corrected chi connectivity index (χ3v) is 3.57. The summed E-state index contributed by atoms with van der Waals surface area (Å²) in [5.41, 5.74) is 0.605. The summed E-state index contributed by atoms with van der Waals surface area (Å²) in [4.78, 5) is 28.0. The normalized spacial score (nSPS) is 13.2. The molecule has 124 valence electrons. The van der Waals surface area contributed by atoms with Gasteiger partial charge in [-0.25, -0.2) is 9.78 Å². The van der Waals surface area contributed by atoms with Gasteiger partial charge < -0.3 is 19.5 Å². The maximum absolute atomic E-state index is 12.2. The number of carbonyl (C=O) groups is 2. The van der Waals surface area contributed by atoms with Crippen LogP contribution in [0.2, 0.25) is 5.15 Å². The molecule has 0 saturated heterocycles. The van der Waals surface area contributed by atoms with E-state index in [-0.39, 0.29) is 17.5 Å². The van der Waals surface area contributed by atoms with Gasteiger partial charge in [0, 0.05) is 18.0 Å². The van der Waals surface area contributed by atoms with E-state index in [1.165, 1.54) is 19.2 Å². The zero-order chi connectivity index (χ0) is 17.1. The Labute approximate surface area is 142 Å². The summed E-state index contributed by atoms with van der Waals surface area (Å²) in [6.07, 6.45) is 0.439. The van der Waals surface area contributed by atoms with Gasteiger partial charge in [-0.15, -0.1) is 0 Å². The van der Waals surface area contributed by atoms with Gasteiger partial charge in [-0.3, -0.25) is 4.79 Å². The molecule has 1 atom stereocenters. The van der Waals surface area contributed by atoms with Gasteiger partial charge in [0.15, 0.2) is 17.6 Å². The van der Waals surface area contributed by atoms with Crippen LogP contribution in [0.25, 0.3) is 0 Å². The Bertz CT molecular complexity index is 796. The van der Waals surface area contributed by atoms with E-state index in [0.29, 0.717) is 17.2 Å². The number of nitrogens with one attached hydrogen (secondary N) is 1. The highest BCUT2D eigenvalue weighted by Crippen LogP contribution is 2.34. The molecule has 1 aliphatic rings. The number of carbonyl (C=O) groups excluding carboxylic acids is 2. The molecule has 1 amide bonds. The van der Waals surface area contributed by atoms with E-state index in [1.54, 1.807) is 24.3 Å². The van der Waals surface area contributed by atoms with Crippen molar-refractivity contribution in [1.82, 2.24) is 4.98 Å². The second-order valence-corrected chi connectivity index (χ2v) is 5.30. The minimum Gasteiger partial charge on any atom is -0.454 e. The molecule has 24 heavy (non-hydrogen) atoms. The third-order valence-electron chi connectivity index (χ3n) is 3.27. The molecule has 1 aliphatic heterocycles. The van der Waals surface area contributed by atoms with Gasteiger partial charge in [-0.1, -0.05) is 11.6 Å². The lowest BCUT2D eigenvalue weighted by Gasteiger charge is -2.14. The van der Waals surface area contributed by atoms with Crippen molar-refractivity contribution in [3.05, 3.63) is 47.2 Å². The number of ether oxygens (including phenoxy) is 3. The number of halogens is 1. The van der Waals surface area contributed by atoms with Crippen LogP contribution in [0.4, 0.5) is 5.69 Å². The number of esters is 1. The van der Waals surface area contributed by atoms with Crippen LogP contribution >= 0.6 is 11.6 Å². The predicted molar refractivity (Wildman–Crippen MR) is 85.3 cm³/mol. The smallest absolute Gasteiger partial charge is 0.342 e. The fourth-order valence-corrected chi connectivity index (χ4v) is 2.23. The van der Waals surface area contributed by atoms with Crippen LogP contribution in [0, 0.1) is 0 Å². The molecule has 0 bridgehead atoms. The molecular weight excluding hydrogens is 336 g/mol. The largest absolute Gasteiger partial charge is 0.454 e. The first-order valence-corrected chi connectivity index (χ1v) is 7.44. The average Bonchev–Trinajstić information content (AvgIpc) is 3.02. The maximum atomic E-state index is 12.2. The van der Waals surface area contributed by atoms with Crippen LogP contribution in [-0.2, 0) is 9.53 Å². The molecule has 2 heterocycles. The van der Waals surface area contributed by atoms with Gasteiger partial charge >= 0.3 is 5.97 Å². The van der Waals surface area contributed by atoms with Crippen molar-refractivity contribution in [2.45, 2.75) is 13.0 Å². The summed E-state index contributed by atoms with van der Waals surface area (Å²) in [6.45, 7) is 1.61. The average molecular weight is 349 g/mol. The van der Waals surface area contributed by atoms with Crippen molar-refractivity contribution in [2.24, 2.45) is 0 Å². The second kappa shape index (κ2) is 6.76. The number of pyridine rings is 1. The Balaban J connectivity index is 1.63. The first-order chi connectivity index (χ1) is 11.5. The molecule has 8 heteroatoms. The van der Waals surface area contributed by atoms with Crippen LogP contribution in [0.5, 0.6) is 11.5 Å². The summed E-state index contributed by atoms with van der Waals surface area (Å²) in [7, 11) is 0. The highest BCUT2D eigenvalue weighted by Gasteiger charge is 2.22. The molecule has 1 aromatic heterocycles. The fourth-order valence-electron chi connectivity index (χ4n) is 2.03. The number of rotatable bonds is 4. The van der Waals surface area contributed by atoms with Crippen LogP contribution in [0.15, 0.2) is 36.5 Å². The monoisotopic (exact) mass is 348 g/mol. The summed E-state index contributed by atoms with van der Waals surface area (Å²) in [6, 6.07) is 8.01. The van der Waals surface area contributed by atoms with Crippen molar-refractivity contribution in [2.75, 3.05) is 12.1 Å². The van der Waals surface area contributed by atoms with Gasteiger partial charge in [0.25, 0.3) is 5.91 Å². The number of fused-ring (bicyclic) bond motifs is 1. The van der Waals surface area contributed by atoms with E-state index in [1.807, 2.05) is 0 Å². The Morgan fingerprint density at radius 1 is 1.29 bits per heavy atom. The molecule has 0 spiro atoms. The number of hydrogen-bond acceptors (Lipinski definition) is 6. The van der Waals surface area contributed by atoms with Crippen LogP contribution < -0.4 is 14.8 Å². The molecule has 2 aromatic rings. The SMILES string of the molecule is C[C@H](OC(=O)c1cccnc1Cl)C(=O)Nc1ccc2c(c1)OCO2. The van der Waals surface area contributed by atoms with Gasteiger partial charge in [-0.2, -0.15) is 0 Å². The standard InChI is InChI=1S/C16H13ClN2O5/c1-9(24-16(21)11-3-2-6-18-14(11)17)15(20)19-10-4-5-12-13(7-10)23-8-22-12/h2-7,9H,8H2,1H3,(H,19,20)/t9-/m0/s1. The van der Waals surface area contributed by atoms with E-state index in [2.05, 4.69) is 10.3 Å². The van der Waals surface area contributed by atoms with Gasteiger partial charge in [0.2, 0.25) is 6.79 Å². The Kier molecular flexibility index (Phi) is 4.52. The summed E-state index contributed by atoms with van der Waals surface area (Å²) < 4.78 is 15.5. The Morgan fingerprint density at radius 3 is 2.88 bits per heavy atom. The summed E-state index contributed by atoms with van der Waals surface area (Å²) >= 11 is 5.83. The van der Waals surface area contributed by atoms with Crippen LogP contribution in [0.1, 0.15) is 17.3 Å². The summed E-state index contributed by atoms with van der Waals surface area (Å²) in [5.74, 6) is -0.0538. The minimum absolute atomic E-state index is 0.0193. The van der Waals surface area contributed by atoms with E-state index < -0.39 is 18.0 Å². The van der Waals surface area contributed by atoms with E-state index in [0.717, 1.165) is 0 Å². The first-order valence-electron chi connectivity index (χ1n) is 7.06. The number of hydrogen-bond donors (Lipinski definition) is 1. The molecule has 3 rings (SSSR count). The number of anilines is 1. The van der Waals surface area contributed by atoms with Crippen molar-refractivity contribution in [1.29, 1.82) is 0 Å². The number of nitrogens with zero attached hydrogens (tertiary/aromatic N) is 1. The maximum Gasteiger partial charge on any atom is 0.342 e. The van der Waals surface area contributed by atoms with E-state index in [9.17, 15) is 9.59 Å². The lowest BCUT2D eigenvalue weighted by atomic mass is 10.2. The van der Waals surface area contributed by atoms with Crippen LogP contribution in [-0.4, -0.2) is 29.8 Å². The quantitative estimate of drug-likeness (QED) is 0.675. The molecule has 7 nitrogen and oxygen atoms in total. The molecular formula is C16H13ClN2O5. The highest BCUT2D eigenvalue weighted by atomic mass is 35.5. The minimum atomic E-state index is -1.01. The lowest BCUT2D eigenvalue weighted by molar-refractivity contribution is -0.123. The highest BCUT2D eigenvalue weighted by molar-refractivity contribution is 6.32. The van der Waals surface area contributed by atoms with Crippen molar-refractivity contribution in [3.8, 4) is 11.5 Å². The molecule has 0 radical (unpaired) electrons. The molecule has 0 unspecified atom stereocenters. The molecule has 0 aliphatic carbocycles. The van der Waals surface area contributed by atoms with Gasteiger partial charge in [0.1, 0.15) is 5.15 Å². The van der Waals surface area contributed by atoms with Crippen molar-refractivity contribution >= 4 is 29.2 Å². The lowest BCUT2D eigenvalue weighted by Crippen LogP contribution is -2.30. The molecule has 1 aromatic carbocycles. The fraction of sp³-hybridized carbons (Fsp3) is 0.188. The predicted octanol–water partition coefficient (Wildman–Crippen LogP) is 2.65. The zero-order valence-corrected chi connectivity index (χ0v) is 13.4. The van der Waals surface area contributed by atoms with Crippen molar-refractivity contribution in [3.63, 3.8) is 0 Å². The zero-order valence-electron chi connectivity index (χ0n) is 12.6. The van der Waals surface area contributed by atoms with Crippen LogP contribution in [0.3, 0.4) is 0 Å². The summed E-state index contributed by atoms with van der Waals surface area (Å²) in [5, 5.41) is 2.66. The third kappa shape index (κ3) is 3.41. The van der Waals surface area contributed by atoms with E-state index >= 15 is 0 Å². The number of amides is 1. The second-order valence-electron chi connectivity index (χ2n) is 4.95. The Morgan fingerprint density at radius 2 is 2.08 bits per heavy atom. The van der Waals surface area contributed by atoms with Gasteiger partial charge in [-0.05, 0) is 31.2 Å².